The summed E-state index contributed by atoms with van der Waals surface area (Å²) in [5.41, 5.74) is -0.877. The summed E-state index contributed by atoms with van der Waals surface area (Å²) in [4.78, 5) is 12.2. The van der Waals surface area contributed by atoms with E-state index in [2.05, 4.69) is 0 Å². The van der Waals surface area contributed by atoms with Crippen molar-refractivity contribution >= 4 is 5.97 Å². The van der Waals surface area contributed by atoms with Crippen molar-refractivity contribution < 1.29 is 31.8 Å². The first-order valence-electron chi connectivity index (χ1n) is 10.6. The molecule has 3 aromatic rings. The van der Waals surface area contributed by atoms with Gasteiger partial charge in [-0.15, -0.1) is 0 Å². The second kappa shape index (κ2) is 9.75. The fourth-order valence-corrected chi connectivity index (χ4v) is 3.91. The molecular formula is C26H22F4O3. The standard InChI is InChI=1S/C26H22F4O3/c1-15-7-8-23(32-13-15)17-9-19(27)24(20(28)10-17)18-11-21(29)25(22(30)12-18)26(31)33-14-16-5-3-2-4-6-16/h2-6,9-12,15,23H,7-8,13-14H2,1H3. The average Bonchev–Trinajstić information content (AvgIpc) is 2.78. The lowest BCUT2D eigenvalue weighted by Crippen LogP contribution is -2.18. The maximum absolute atomic E-state index is 14.8. The zero-order valence-electron chi connectivity index (χ0n) is 17.9. The maximum atomic E-state index is 14.8. The highest BCUT2D eigenvalue weighted by Crippen LogP contribution is 2.35. The minimum absolute atomic E-state index is 0.174. The van der Waals surface area contributed by atoms with Gasteiger partial charge in [0.05, 0.1) is 11.7 Å². The zero-order valence-corrected chi connectivity index (χ0v) is 17.9. The monoisotopic (exact) mass is 458 g/mol. The first kappa shape index (κ1) is 23.0. The maximum Gasteiger partial charge on any atom is 0.344 e. The number of benzene rings is 3. The third-order valence-electron chi connectivity index (χ3n) is 5.69. The highest BCUT2D eigenvalue weighted by Gasteiger charge is 2.26. The summed E-state index contributed by atoms with van der Waals surface area (Å²) in [5.74, 6) is -5.30. The van der Waals surface area contributed by atoms with Gasteiger partial charge in [0.25, 0.3) is 0 Å². The summed E-state index contributed by atoms with van der Waals surface area (Å²) in [6, 6.07) is 12.3. The van der Waals surface area contributed by atoms with E-state index in [0.29, 0.717) is 30.1 Å². The Labute approximate surface area is 189 Å². The molecule has 0 saturated carbocycles. The van der Waals surface area contributed by atoms with Crippen molar-refractivity contribution in [3.05, 3.63) is 94.6 Å². The lowest BCUT2D eigenvalue weighted by molar-refractivity contribution is -0.0126. The molecule has 172 valence electrons. The van der Waals surface area contributed by atoms with Crippen LogP contribution in [0.2, 0.25) is 0 Å². The van der Waals surface area contributed by atoms with E-state index in [1.165, 1.54) is 0 Å². The van der Waals surface area contributed by atoms with E-state index in [9.17, 15) is 22.4 Å². The first-order valence-corrected chi connectivity index (χ1v) is 10.6. The van der Waals surface area contributed by atoms with Crippen molar-refractivity contribution in [3.8, 4) is 11.1 Å². The van der Waals surface area contributed by atoms with Crippen molar-refractivity contribution in [1.82, 2.24) is 0 Å². The van der Waals surface area contributed by atoms with Crippen LogP contribution in [0.25, 0.3) is 11.1 Å². The third-order valence-corrected chi connectivity index (χ3v) is 5.69. The molecular weight excluding hydrogens is 436 g/mol. The topological polar surface area (TPSA) is 35.5 Å². The largest absolute Gasteiger partial charge is 0.457 e. The average molecular weight is 458 g/mol. The van der Waals surface area contributed by atoms with E-state index < -0.39 is 46.5 Å². The highest BCUT2D eigenvalue weighted by atomic mass is 19.1. The van der Waals surface area contributed by atoms with Gasteiger partial charge in [0.15, 0.2) is 0 Å². The quantitative estimate of drug-likeness (QED) is 0.313. The normalized spacial score (nSPS) is 18.2. The lowest BCUT2D eigenvalue weighted by atomic mass is 9.93. The van der Waals surface area contributed by atoms with Crippen LogP contribution >= 0.6 is 0 Å². The number of hydrogen-bond donors (Lipinski definition) is 0. The Hall–Kier alpha value is -3.19. The summed E-state index contributed by atoms with van der Waals surface area (Å²) in [6.07, 6.45) is 1.06. The van der Waals surface area contributed by atoms with E-state index in [0.717, 1.165) is 30.7 Å². The van der Waals surface area contributed by atoms with Crippen molar-refractivity contribution in [2.75, 3.05) is 6.61 Å². The van der Waals surface area contributed by atoms with Gasteiger partial charge in [-0.05, 0) is 59.7 Å². The predicted octanol–water partition coefficient (Wildman–Crippen LogP) is 6.75. The molecule has 0 amide bonds. The number of rotatable bonds is 5. The summed E-state index contributed by atoms with van der Waals surface area (Å²) < 4.78 is 69.6. The molecule has 7 heteroatoms. The molecule has 0 bridgehead atoms. The van der Waals surface area contributed by atoms with Gasteiger partial charge in [-0.2, -0.15) is 0 Å². The minimum Gasteiger partial charge on any atom is -0.457 e. The van der Waals surface area contributed by atoms with E-state index in [1.807, 2.05) is 6.92 Å². The molecule has 1 saturated heterocycles. The molecule has 1 aliphatic rings. The van der Waals surface area contributed by atoms with Gasteiger partial charge in [0.1, 0.15) is 35.4 Å². The summed E-state index contributed by atoms with van der Waals surface area (Å²) in [5, 5.41) is 0. The Morgan fingerprint density at radius 3 is 2.15 bits per heavy atom. The smallest absolute Gasteiger partial charge is 0.344 e. The number of esters is 1. The molecule has 3 aromatic carbocycles. The van der Waals surface area contributed by atoms with E-state index in [4.69, 9.17) is 9.47 Å². The second-order valence-electron chi connectivity index (χ2n) is 8.24. The van der Waals surface area contributed by atoms with Crippen LogP contribution in [0.4, 0.5) is 17.6 Å². The second-order valence-corrected chi connectivity index (χ2v) is 8.24. The molecule has 2 unspecified atom stereocenters. The van der Waals surface area contributed by atoms with Crippen molar-refractivity contribution in [2.24, 2.45) is 5.92 Å². The van der Waals surface area contributed by atoms with Crippen LogP contribution in [0.5, 0.6) is 0 Å². The third kappa shape index (κ3) is 5.09. The molecule has 33 heavy (non-hydrogen) atoms. The molecule has 2 atom stereocenters. The summed E-state index contributed by atoms with van der Waals surface area (Å²) >= 11 is 0. The van der Waals surface area contributed by atoms with E-state index in [-0.39, 0.29) is 12.2 Å². The van der Waals surface area contributed by atoms with Crippen LogP contribution in [0.1, 0.15) is 47.4 Å². The fourth-order valence-electron chi connectivity index (χ4n) is 3.91. The van der Waals surface area contributed by atoms with Gasteiger partial charge in [-0.1, -0.05) is 37.3 Å². The van der Waals surface area contributed by atoms with Crippen LogP contribution in [-0.2, 0) is 16.1 Å². The summed E-state index contributed by atoms with van der Waals surface area (Å²) in [6.45, 7) is 2.35. The Morgan fingerprint density at radius 1 is 0.939 bits per heavy atom. The molecule has 3 nitrogen and oxygen atoms in total. The van der Waals surface area contributed by atoms with Crippen LogP contribution < -0.4 is 0 Å². The van der Waals surface area contributed by atoms with Crippen LogP contribution in [0.3, 0.4) is 0 Å². The molecule has 0 aromatic heterocycles. The van der Waals surface area contributed by atoms with E-state index >= 15 is 0 Å². The predicted molar refractivity (Wildman–Crippen MR) is 114 cm³/mol. The van der Waals surface area contributed by atoms with Crippen molar-refractivity contribution in [1.29, 1.82) is 0 Å². The van der Waals surface area contributed by atoms with E-state index in [1.54, 1.807) is 30.3 Å². The number of halogens is 4. The van der Waals surface area contributed by atoms with Gasteiger partial charge in [0, 0.05) is 6.61 Å². The fraction of sp³-hybridized carbons (Fsp3) is 0.269. The lowest BCUT2D eigenvalue weighted by Gasteiger charge is -2.27. The minimum atomic E-state index is -1.27. The van der Waals surface area contributed by atoms with Gasteiger partial charge in [-0.3, -0.25) is 0 Å². The SMILES string of the molecule is CC1CCC(c2cc(F)c(-c3cc(F)c(C(=O)OCc4ccccc4)c(F)c3)c(F)c2)OC1. The van der Waals surface area contributed by atoms with Crippen LogP contribution in [0, 0.1) is 29.2 Å². The molecule has 0 radical (unpaired) electrons. The molecule has 1 fully saturated rings. The molecule has 0 aliphatic carbocycles. The van der Waals surface area contributed by atoms with Crippen LogP contribution in [0.15, 0.2) is 54.6 Å². The number of carbonyl (C=O) groups excluding carboxylic acids is 1. The molecule has 1 heterocycles. The van der Waals surface area contributed by atoms with Crippen molar-refractivity contribution in [3.63, 3.8) is 0 Å². The zero-order chi connectivity index (χ0) is 23.5. The van der Waals surface area contributed by atoms with Gasteiger partial charge < -0.3 is 9.47 Å². The van der Waals surface area contributed by atoms with Crippen LogP contribution in [-0.4, -0.2) is 12.6 Å². The molecule has 4 rings (SSSR count). The Balaban J connectivity index is 1.58. The molecule has 1 aliphatic heterocycles. The van der Waals surface area contributed by atoms with Crippen molar-refractivity contribution in [2.45, 2.75) is 32.5 Å². The van der Waals surface area contributed by atoms with Gasteiger partial charge in [-0.25, -0.2) is 22.4 Å². The number of carbonyl (C=O) groups is 1. The molecule has 0 N–H and O–H groups in total. The number of hydrogen-bond acceptors (Lipinski definition) is 3. The Bertz CT molecular complexity index is 1110. The first-order chi connectivity index (χ1) is 15.8. The Kier molecular flexibility index (Phi) is 6.79. The summed E-state index contributed by atoms with van der Waals surface area (Å²) in [7, 11) is 0. The number of ether oxygens (including phenoxy) is 2. The van der Waals surface area contributed by atoms with Gasteiger partial charge >= 0.3 is 5.97 Å². The molecule has 0 spiro atoms. The highest BCUT2D eigenvalue weighted by molar-refractivity contribution is 5.91. The van der Waals surface area contributed by atoms with Gasteiger partial charge in [0.2, 0.25) is 0 Å². The Morgan fingerprint density at radius 2 is 1.58 bits per heavy atom.